The lowest BCUT2D eigenvalue weighted by Crippen LogP contribution is -1.97. The van der Waals surface area contributed by atoms with Crippen LogP contribution in [-0.4, -0.2) is 27.0 Å². The first kappa shape index (κ1) is 13.5. The van der Waals surface area contributed by atoms with Crippen LogP contribution in [0.4, 0.5) is 8.78 Å². The zero-order chi connectivity index (χ0) is 13.8. The van der Waals surface area contributed by atoms with Crippen molar-refractivity contribution in [2.75, 3.05) is 5.75 Å². The summed E-state index contributed by atoms with van der Waals surface area (Å²) in [5, 5.41) is 12.2. The Bertz CT molecular complexity index is 583. The minimum Gasteiger partial charge on any atom is -0.481 e. The number of aromatic nitrogens is 2. The van der Waals surface area contributed by atoms with E-state index in [0.717, 1.165) is 17.8 Å². The minimum absolute atomic E-state index is 0.103. The first-order valence-corrected chi connectivity index (χ1v) is 6.13. The Morgan fingerprint density at radius 3 is 2.63 bits per heavy atom. The van der Waals surface area contributed by atoms with Gasteiger partial charge in [0.1, 0.15) is 17.4 Å². The van der Waals surface area contributed by atoms with Crippen LogP contribution in [0.2, 0.25) is 0 Å². The molecule has 0 aliphatic heterocycles. The van der Waals surface area contributed by atoms with Crippen LogP contribution in [-0.2, 0) is 11.2 Å². The van der Waals surface area contributed by atoms with E-state index in [-0.39, 0.29) is 23.2 Å². The van der Waals surface area contributed by atoms with Crippen molar-refractivity contribution in [1.29, 1.82) is 0 Å². The number of benzene rings is 1. The molecule has 0 saturated carbocycles. The third-order valence-electron chi connectivity index (χ3n) is 2.05. The van der Waals surface area contributed by atoms with E-state index in [9.17, 15) is 13.6 Å². The number of nitrogens with zero attached hydrogens (tertiary/aromatic N) is 2. The van der Waals surface area contributed by atoms with E-state index in [0.29, 0.717) is 5.56 Å². The molecule has 0 spiro atoms. The molecule has 0 amide bonds. The zero-order valence-electron chi connectivity index (χ0n) is 9.47. The van der Waals surface area contributed by atoms with Crippen molar-refractivity contribution < 1.29 is 23.2 Å². The fraction of sp³-hybridized carbons (Fsp3) is 0.182. The number of rotatable bonds is 5. The first-order valence-electron chi connectivity index (χ1n) is 5.15. The third kappa shape index (κ3) is 4.02. The van der Waals surface area contributed by atoms with Crippen molar-refractivity contribution in [3.05, 3.63) is 41.2 Å². The highest BCUT2D eigenvalue weighted by atomic mass is 32.2. The molecule has 1 N–H and O–H groups in total. The molecule has 0 bridgehead atoms. The lowest BCUT2D eigenvalue weighted by Gasteiger charge is -1.97. The summed E-state index contributed by atoms with van der Waals surface area (Å²) >= 11 is 0.878. The normalized spacial score (nSPS) is 10.6. The molecule has 0 aliphatic carbocycles. The van der Waals surface area contributed by atoms with Crippen molar-refractivity contribution >= 4 is 17.7 Å². The molecule has 19 heavy (non-hydrogen) atoms. The SMILES string of the molecule is O=C(O)CSc1nc(Cc2cc(F)cc(F)c2)no1. The van der Waals surface area contributed by atoms with E-state index in [1.165, 1.54) is 12.1 Å². The molecule has 0 atom stereocenters. The highest BCUT2D eigenvalue weighted by Crippen LogP contribution is 2.17. The summed E-state index contributed by atoms with van der Waals surface area (Å²) in [7, 11) is 0. The summed E-state index contributed by atoms with van der Waals surface area (Å²) < 4.78 is 30.7. The van der Waals surface area contributed by atoms with E-state index in [1.807, 2.05) is 0 Å². The predicted octanol–water partition coefficient (Wildman–Crippen LogP) is 2.12. The number of carboxylic acids is 1. The Hall–Kier alpha value is -1.96. The van der Waals surface area contributed by atoms with Crippen LogP contribution in [0.15, 0.2) is 27.9 Å². The molecule has 0 fully saturated rings. The van der Waals surface area contributed by atoms with Gasteiger partial charge in [-0.25, -0.2) is 8.78 Å². The largest absolute Gasteiger partial charge is 0.481 e. The van der Waals surface area contributed by atoms with Gasteiger partial charge in [0.15, 0.2) is 5.82 Å². The Kier molecular flexibility index (Phi) is 4.10. The molecule has 8 heteroatoms. The van der Waals surface area contributed by atoms with Gasteiger partial charge >= 0.3 is 5.97 Å². The fourth-order valence-electron chi connectivity index (χ4n) is 1.39. The van der Waals surface area contributed by atoms with Gasteiger partial charge in [-0.2, -0.15) is 4.98 Å². The minimum atomic E-state index is -1.00. The Balaban J connectivity index is 2.05. The highest BCUT2D eigenvalue weighted by Gasteiger charge is 2.10. The van der Waals surface area contributed by atoms with E-state index in [1.54, 1.807) is 0 Å². The molecule has 1 aromatic heterocycles. The van der Waals surface area contributed by atoms with Crippen LogP contribution in [0.1, 0.15) is 11.4 Å². The molecule has 100 valence electrons. The van der Waals surface area contributed by atoms with Gasteiger partial charge in [0.05, 0.1) is 0 Å². The second kappa shape index (κ2) is 5.79. The third-order valence-corrected chi connectivity index (χ3v) is 2.86. The number of hydrogen-bond donors (Lipinski definition) is 1. The molecule has 0 radical (unpaired) electrons. The van der Waals surface area contributed by atoms with Gasteiger partial charge < -0.3 is 9.63 Å². The van der Waals surface area contributed by atoms with Crippen LogP contribution in [0.25, 0.3) is 0 Å². The Morgan fingerprint density at radius 1 is 1.32 bits per heavy atom. The van der Waals surface area contributed by atoms with Gasteiger partial charge in [0.2, 0.25) is 0 Å². The molecular formula is C11H8F2N2O3S. The number of halogens is 2. The van der Waals surface area contributed by atoms with Crippen molar-refractivity contribution in [2.45, 2.75) is 11.6 Å². The number of hydrogen-bond acceptors (Lipinski definition) is 5. The second-order valence-corrected chi connectivity index (χ2v) is 4.54. The van der Waals surface area contributed by atoms with E-state index < -0.39 is 17.6 Å². The number of carbonyl (C=O) groups is 1. The van der Waals surface area contributed by atoms with E-state index in [2.05, 4.69) is 10.1 Å². The van der Waals surface area contributed by atoms with Gasteiger partial charge in [-0.1, -0.05) is 16.9 Å². The first-order chi connectivity index (χ1) is 9.02. The summed E-state index contributed by atoms with van der Waals surface area (Å²) in [6, 6.07) is 3.11. The fourth-order valence-corrected chi connectivity index (χ4v) is 1.89. The maximum Gasteiger partial charge on any atom is 0.314 e. The highest BCUT2D eigenvalue weighted by molar-refractivity contribution is 7.99. The van der Waals surface area contributed by atoms with Crippen molar-refractivity contribution in [1.82, 2.24) is 10.1 Å². The zero-order valence-corrected chi connectivity index (χ0v) is 10.3. The maximum absolute atomic E-state index is 13.0. The quantitative estimate of drug-likeness (QED) is 0.848. The van der Waals surface area contributed by atoms with Crippen LogP contribution in [0, 0.1) is 11.6 Å². The van der Waals surface area contributed by atoms with Gasteiger partial charge in [-0.3, -0.25) is 4.79 Å². The summed E-state index contributed by atoms with van der Waals surface area (Å²) in [6.07, 6.45) is 0.103. The average molecular weight is 286 g/mol. The van der Waals surface area contributed by atoms with Crippen LogP contribution in [0.5, 0.6) is 0 Å². The average Bonchev–Trinajstić information content (AvgIpc) is 2.72. The Morgan fingerprint density at radius 2 is 2.00 bits per heavy atom. The van der Waals surface area contributed by atoms with E-state index in [4.69, 9.17) is 9.63 Å². The summed E-state index contributed by atoms with van der Waals surface area (Å²) in [5.74, 6) is -2.33. The molecular weight excluding hydrogens is 278 g/mol. The second-order valence-electron chi connectivity index (χ2n) is 3.61. The van der Waals surface area contributed by atoms with Gasteiger partial charge in [0.25, 0.3) is 5.22 Å². The van der Waals surface area contributed by atoms with Crippen molar-refractivity contribution in [2.24, 2.45) is 0 Å². The predicted molar refractivity (Wildman–Crippen MR) is 61.8 cm³/mol. The lowest BCUT2D eigenvalue weighted by molar-refractivity contribution is -0.133. The molecule has 2 aromatic rings. The molecule has 2 rings (SSSR count). The van der Waals surface area contributed by atoms with E-state index >= 15 is 0 Å². The Labute approximate surface area is 110 Å². The molecule has 1 heterocycles. The smallest absolute Gasteiger partial charge is 0.314 e. The van der Waals surface area contributed by atoms with Gasteiger partial charge in [-0.15, -0.1) is 0 Å². The number of carboxylic acid groups (broad SMARTS) is 1. The summed E-state index contributed by atoms with van der Waals surface area (Å²) in [6.45, 7) is 0. The topological polar surface area (TPSA) is 76.2 Å². The van der Waals surface area contributed by atoms with Crippen molar-refractivity contribution in [3.8, 4) is 0 Å². The molecule has 0 saturated heterocycles. The summed E-state index contributed by atoms with van der Waals surface area (Å²) in [5.41, 5.74) is 0.369. The number of thioether (sulfide) groups is 1. The van der Waals surface area contributed by atoms with Crippen LogP contribution < -0.4 is 0 Å². The van der Waals surface area contributed by atoms with Crippen LogP contribution in [0.3, 0.4) is 0 Å². The van der Waals surface area contributed by atoms with Crippen LogP contribution >= 0.6 is 11.8 Å². The standard InChI is InChI=1S/C11H8F2N2O3S/c12-7-1-6(2-8(13)4-7)3-9-14-11(18-15-9)19-5-10(16)17/h1-2,4H,3,5H2,(H,16,17). The van der Waals surface area contributed by atoms with Gasteiger partial charge in [-0.05, 0) is 17.7 Å². The molecule has 5 nitrogen and oxygen atoms in total. The molecule has 1 aromatic carbocycles. The van der Waals surface area contributed by atoms with Gasteiger partial charge in [0, 0.05) is 12.5 Å². The van der Waals surface area contributed by atoms with Crippen molar-refractivity contribution in [3.63, 3.8) is 0 Å². The monoisotopic (exact) mass is 286 g/mol. The lowest BCUT2D eigenvalue weighted by atomic mass is 10.1. The maximum atomic E-state index is 13.0. The number of aliphatic carboxylic acids is 1. The summed E-state index contributed by atoms with van der Waals surface area (Å²) in [4.78, 5) is 14.3. The molecule has 0 aliphatic rings. The molecule has 0 unspecified atom stereocenters.